The van der Waals surface area contributed by atoms with E-state index < -0.39 is 16.0 Å². The zero-order chi connectivity index (χ0) is 26.6. The minimum Gasteiger partial charge on any atom is -0.496 e. The maximum atomic E-state index is 12.9. The summed E-state index contributed by atoms with van der Waals surface area (Å²) in [7, 11) is -1.35. The van der Waals surface area contributed by atoms with Crippen molar-refractivity contribution in [3.8, 4) is 5.75 Å². The number of carbonyl (C=O) groups is 2. The molecule has 0 aliphatic carbocycles. The molecular weight excluding hydrogens is 502 g/mol. The average molecular weight is 528 g/mol. The van der Waals surface area contributed by atoms with E-state index in [4.69, 9.17) is 9.26 Å². The van der Waals surface area contributed by atoms with Crippen molar-refractivity contribution >= 4 is 38.7 Å². The van der Waals surface area contributed by atoms with Gasteiger partial charge in [-0.1, -0.05) is 12.1 Å². The van der Waals surface area contributed by atoms with E-state index in [9.17, 15) is 18.0 Å². The standard InChI is InChI=1S/C24H25N5O7S/c1-4-21(30)25-11-16-12-26-29(14-16)13-15-9-19(34-2)22-20(10-15)36-27-23(22)28-37(32,33)18-7-5-17(6-8-18)24(31)35-3/h5-10,12,14H,4,11,13H2,1-3H3,(H,25,30)(H,27,28). The number of amides is 1. The Morgan fingerprint density at radius 1 is 1.11 bits per heavy atom. The molecule has 0 saturated heterocycles. The third-order valence-corrected chi connectivity index (χ3v) is 6.83. The number of ether oxygens (including phenoxy) is 2. The molecule has 0 bridgehead atoms. The largest absolute Gasteiger partial charge is 0.496 e. The summed E-state index contributed by atoms with van der Waals surface area (Å²) in [6.07, 6.45) is 3.90. The zero-order valence-electron chi connectivity index (χ0n) is 20.3. The lowest BCUT2D eigenvalue weighted by Crippen LogP contribution is -2.21. The quantitative estimate of drug-likeness (QED) is 0.296. The predicted octanol–water partition coefficient (Wildman–Crippen LogP) is 2.69. The molecule has 0 spiro atoms. The van der Waals surface area contributed by atoms with Gasteiger partial charge in [0.25, 0.3) is 10.0 Å². The number of methoxy groups -OCH3 is 2. The van der Waals surface area contributed by atoms with Gasteiger partial charge in [-0.3, -0.25) is 14.2 Å². The van der Waals surface area contributed by atoms with E-state index in [1.54, 1.807) is 29.9 Å². The number of nitrogens with zero attached hydrogens (tertiary/aromatic N) is 3. The Morgan fingerprint density at radius 3 is 2.54 bits per heavy atom. The number of anilines is 1. The number of rotatable bonds is 10. The Balaban J connectivity index is 1.55. The topological polar surface area (TPSA) is 155 Å². The summed E-state index contributed by atoms with van der Waals surface area (Å²) >= 11 is 0. The van der Waals surface area contributed by atoms with Gasteiger partial charge in [0.15, 0.2) is 11.4 Å². The van der Waals surface area contributed by atoms with E-state index in [0.29, 0.717) is 36.2 Å². The van der Waals surface area contributed by atoms with Crippen LogP contribution in [-0.4, -0.2) is 49.5 Å². The highest BCUT2D eigenvalue weighted by molar-refractivity contribution is 7.92. The minimum atomic E-state index is -4.04. The minimum absolute atomic E-state index is 0.0384. The van der Waals surface area contributed by atoms with Crippen molar-refractivity contribution in [3.63, 3.8) is 0 Å². The normalized spacial score (nSPS) is 11.3. The molecule has 1 amide bonds. The molecule has 13 heteroatoms. The summed E-state index contributed by atoms with van der Waals surface area (Å²) in [5.74, 6) is -0.300. The molecule has 0 aliphatic rings. The Morgan fingerprint density at radius 2 is 1.86 bits per heavy atom. The molecule has 0 radical (unpaired) electrons. The van der Waals surface area contributed by atoms with Gasteiger partial charge in [0.2, 0.25) is 5.91 Å². The maximum absolute atomic E-state index is 12.9. The summed E-state index contributed by atoms with van der Waals surface area (Å²) in [5.41, 5.74) is 2.17. The summed E-state index contributed by atoms with van der Waals surface area (Å²) in [4.78, 5) is 23.0. The first-order valence-electron chi connectivity index (χ1n) is 11.2. The van der Waals surface area contributed by atoms with Crippen molar-refractivity contribution < 1.29 is 32.0 Å². The molecule has 4 aromatic rings. The lowest BCUT2D eigenvalue weighted by Gasteiger charge is -2.09. The smallest absolute Gasteiger partial charge is 0.337 e. The fourth-order valence-electron chi connectivity index (χ4n) is 3.58. The van der Waals surface area contributed by atoms with Gasteiger partial charge >= 0.3 is 5.97 Å². The molecule has 0 fully saturated rings. The lowest BCUT2D eigenvalue weighted by atomic mass is 10.1. The van der Waals surface area contributed by atoms with Gasteiger partial charge in [0.05, 0.1) is 37.4 Å². The highest BCUT2D eigenvalue weighted by Crippen LogP contribution is 2.35. The second-order valence-corrected chi connectivity index (χ2v) is 9.68. The fourth-order valence-corrected chi connectivity index (χ4v) is 4.59. The first kappa shape index (κ1) is 25.7. The third-order valence-electron chi connectivity index (χ3n) is 5.48. The fraction of sp³-hybridized carbons (Fsp3) is 0.250. The first-order valence-corrected chi connectivity index (χ1v) is 12.7. The molecule has 4 rings (SSSR count). The van der Waals surface area contributed by atoms with Gasteiger partial charge in [-0.25, -0.2) is 13.2 Å². The summed E-state index contributed by atoms with van der Waals surface area (Å²) in [6, 6.07) is 8.74. The summed E-state index contributed by atoms with van der Waals surface area (Å²) in [6.45, 7) is 2.54. The van der Waals surface area contributed by atoms with E-state index in [-0.39, 0.29) is 22.2 Å². The van der Waals surface area contributed by atoms with Crippen LogP contribution >= 0.6 is 0 Å². The van der Waals surface area contributed by atoms with E-state index in [2.05, 4.69) is 25.0 Å². The van der Waals surface area contributed by atoms with Crippen LogP contribution in [0.5, 0.6) is 5.75 Å². The number of aromatic nitrogens is 3. The molecular formula is C24H25N5O7S. The predicted molar refractivity (Wildman–Crippen MR) is 133 cm³/mol. The zero-order valence-corrected chi connectivity index (χ0v) is 21.2. The molecule has 2 N–H and O–H groups in total. The van der Waals surface area contributed by atoms with Crippen molar-refractivity contribution in [2.45, 2.75) is 31.3 Å². The van der Waals surface area contributed by atoms with Crippen LogP contribution in [0.25, 0.3) is 11.0 Å². The molecule has 0 atom stereocenters. The van der Waals surface area contributed by atoms with E-state index >= 15 is 0 Å². The Bertz CT molecular complexity index is 1540. The van der Waals surface area contributed by atoms with Crippen LogP contribution in [0.3, 0.4) is 0 Å². The van der Waals surface area contributed by atoms with Crippen LogP contribution in [0.2, 0.25) is 0 Å². The van der Waals surface area contributed by atoms with Gasteiger partial charge < -0.3 is 19.3 Å². The highest BCUT2D eigenvalue weighted by Gasteiger charge is 2.22. The van der Waals surface area contributed by atoms with Crippen molar-refractivity contribution in [1.29, 1.82) is 0 Å². The second-order valence-electron chi connectivity index (χ2n) is 8.00. The number of hydrogen-bond acceptors (Lipinski definition) is 9. The summed E-state index contributed by atoms with van der Waals surface area (Å²) in [5, 5.41) is 11.4. The van der Waals surface area contributed by atoms with Crippen LogP contribution < -0.4 is 14.8 Å². The molecule has 194 valence electrons. The number of hydrogen-bond donors (Lipinski definition) is 2. The monoisotopic (exact) mass is 527 g/mol. The number of carbonyl (C=O) groups excluding carboxylic acids is 2. The molecule has 12 nitrogen and oxygen atoms in total. The molecule has 37 heavy (non-hydrogen) atoms. The number of sulfonamides is 1. The number of nitrogens with one attached hydrogen (secondary N) is 2. The average Bonchev–Trinajstić information content (AvgIpc) is 3.52. The van der Waals surface area contributed by atoms with Crippen molar-refractivity contribution in [2.24, 2.45) is 0 Å². The van der Waals surface area contributed by atoms with Crippen molar-refractivity contribution in [3.05, 3.63) is 65.5 Å². The first-order chi connectivity index (χ1) is 17.7. The molecule has 2 aromatic carbocycles. The van der Waals surface area contributed by atoms with Crippen molar-refractivity contribution in [1.82, 2.24) is 20.3 Å². The Labute approximate surface area is 212 Å². The van der Waals surface area contributed by atoms with Crippen LogP contribution in [-0.2, 0) is 32.6 Å². The molecule has 2 heterocycles. The van der Waals surface area contributed by atoms with Gasteiger partial charge in [-0.05, 0) is 42.0 Å². The Kier molecular flexibility index (Phi) is 7.43. The second kappa shape index (κ2) is 10.7. The summed E-state index contributed by atoms with van der Waals surface area (Å²) < 4.78 is 45.5. The van der Waals surface area contributed by atoms with Crippen LogP contribution in [0.1, 0.15) is 34.8 Å². The van der Waals surface area contributed by atoms with Gasteiger partial charge in [-0.15, -0.1) is 0 Å². The SMILES string of the molecule is CCC(=O)NCc1cnn(Cc2cc(OC)c3c(NS(=O)(=O)c4ccc(C(=O)OC)cc4)noc3c2)c1. The van der Waals surface area contributed by atoms with E-state index in [1.165, 1.54) is 38.5 Å². The van der Waals surface area contributed by atoms with Crippen LogP contribution in [0.15, 0.2) is 58.2 Å². The number of fused-ring (bicyclic) bond motifs is 1. The van der Waals surface area contributed by atoms with Crippen molar-refractivity contribution in [2.75, 3.05) is 18.9 Å². The molecule has 0 saturated carbocycles. The van der Waals surface area contributed by atoms with E-state index in [1.807, 2.05) is 6.20 Å². The third kappa shape index (κ3) is 5.72. The molecule has 0 unspecified atom stereocenters. The van der Waals surface area contributed by atoms with Gasteiger partial charge in [-0.2, -0.15) is 5.10 Å². The van der Waals surface area contributed by atoms with Gasteiger partial charge in [0.1, 0.15) is 11.1 Å². The number of benzene rings is 2. The number of esters is 1. The Hall–Kier alpha value is -4.39. The maximum Gasteiger partial charge on any atom is 0.337 e. The highest BCUT2D eigenvalue weighted by atomic mass is 32.2. The lowest BCUT2D eigenvalue weighted by molar-refractivity contribution is -0.120. The molecule has 2 aromatic heterocycles. The van der Waals surface area contributed by atoms with Crippen LogP contribution in [0, 0.1) is 0 Å². The van der Waals surface area contributed by atoms with Gasteiger partial charge in [0, 0.05) is 24.7 Å². The molecule has 0 aliphatic heterocycles. The van der Waals surface area contributed by atoms with E-state index in [0.717, 1.165) is 11.1 Å². The van der Waals surface area contributed by atoms with Crippen LogP contribution in [0.4, 0.5) is 5.82 Å².